The van der Waals surface area contributed by atoms with Gasteiger partial charge in [-0.15, -0.1) is 0 Å². The van der Waals surface area contributed by atoms with Crippen molar-refractivity contribution >= 4 is 11.6 Å². The van der Waals surface area contributed by atoms with Crippen molar-refractivity contribution < 1.29 is 14.2 Å². The first-order valence-corrected chi connectivity index (χ1v) is 6.98. The Balaban J connectivity index is 1.62. The lowest BCUT2D eigenvalue weighted by atomic mass is 9.85. The van der Waals surface area contributed by atoms with Crippen molar-refractivity contribution in [2.45, 2.75) is 25.8 Å². The number of hydrogen-bond donors (Lipinski definition) is 1. The predicted octanol–water partition coefficient (Wildman–Crippen LogP) is 2.06. The molecule has 1 heterocycles. The fourth-order valence-corrected chi connectivity index (χ4v) is 2.15. The molecule has 0 atom stereocenters. The quantitative estimate of drug-likeness (QED) is 0.668. The van der Waals surface area contributed by atoms with E-state index < -0.39 is 4.92 Å². The molecule has 1 aliphatic rings. The Kier molecular flexibility index (Phi) is 3.82. The Morgan fingerprint density at radius 1 is 1.36 bits per heavy atom. The molecular weight excluding hydrogens is 288 g/mol. The number of nitrogens with zero attached hydrogens (tertiary/aromatic N) is 3. The zero-order valence-corrected chi connectivity index (χ0v) is 11.7. The zero-order valence-electron chi connectivity index (χ0n) is 11.7. The van der Waals surface area contributed by atoms with Crippen molar-refractivity contribution in [2.24, 2.45) is 5.92 Å². The molecule has 0 bridgehead atoms. The van der Waals surface area contributed by atoms with Crippen LogP contribution in [-0.2, 0) is 11.3 Å². The number of nitro groups is 1. The number of amides is 1. The molecule has 1 amide bonds. The van der Waals surface area contributed by atoms with Crippen LogP contribution in [0.25, 0.3) is 11.4 Å². The molecule has 8 nitrogen and oxygen atoms in total. The number of non-ortho nitro benzene ring substituents is 1. The Bertz CT molecular complexity index is 691. The second kappa shape index (κ2) is 5.92. The molecule has 0 unspecified atom stereocenters. The predicted molar refractivity (Wildman–Crippen MR) is 75.6 cm³/mol. The molecule has 1 saturated carbocycles. The van der Waals surface area contributed by atoms with Crippen LogP contribution in [0, 0.1) is 16.0 Å². The zero-order chi connectivity index (χ0) is 15.5. The highest BCUT2D eigenvalue weighted by Crippen LogP contribution is 2.26. The van der Waals surface area contributed by atoms with Gasteiger partial charge in [0.1, 0.15) is 0 Å². The van der Waals surface area contributed by atoms with Crippen LogP contribution in [0.5, 0.6) is 0 Å². The Labute approximate surface area is 125 Å². The summed E-state index contributed by atoms with van der Waals surface area (Å²) in [5.41, 5.74) is 0.617. The Morgan fingerprint density at radius 3 is 2.68 bits per heavy atom. The summed E-state index contributed by atoms with van der Waals surface area (Å²) in [6.07, 6.45) is 2.97. The van der Waals surface area contributed by atoms with E-state index >= 15 is 0 Å². The number of hydrogen-bond acceptors (Lipinski definition) is 6. The highest BCUT2D eigenvalue weighted by Gasteiger charge is 2.25. The molecule has 114 valence electrons. The number of rotatable bonds is 5. The summed E-state index contributed by atoms with van der Waals surface area (Å²) in [5, 5.41) is 17.2. The molecule has 8 heteroatoms. The number of nitro benzene ring substituents is 1. The fourth-order valence-electron chi connectivity index (χ4n) is 2.15. The molecule has 3 rings (SSSR count). The minimum atomic E-state index is -0.471. The first-order valence-electron chi connectivity index (χ1n) is 6.98. The van der Waals surface area contributed by atoms with Crippen LogP contribution in [0.3, 0.4) is 0 Å². The van der Waals surface area contributed by atoms with E-state index in [1.165, 1.54) is 12.1 Å². The van der Waals surface area contributed by atoms with E-state index in [9.17, 15) is 14.9 Å². The standard InChI is InChI=1S/C14H14N4O4/c19-14(10-2-1-3-10)15-8-12-16-13(17-22-12)9-4-6-11(7-5-9)18(20)21/h4-7,10H,1-3,8H2,(H,15,19). The van der Waals surface area contributed by atoms with Gasteiger partial charge in [0, 0.05) is 23.6 Å². The van der Waals surface area contributed by atoms with Crippen LogP contribution in [-0.4, -0.2) is 21.0 Å². The molecule has 1 aromatic carbocycles. The van der Waals surface area contributed by atoms with Gasteiger partial charge < -0.3 is 9.84 Å². The minimum absolute atomic E-state index is 0.000213. The van der Waals surface area contributed by atoms with E-state index in [1.54, 1.807) is 12.1 Å². The maximum absolute atomic E-state index is 11.7. The van der Waals surface area contributed by atoms with E-state index in [1.807, 2.05) is 0 Å². The molecular formula is C14H14N4O4. The third-order valence-electron chi connectivity index (χ3n) is 3.69. The van der Waals surface area contributed by atoms with Gasteiger partial charge in [0.2, 0.25) is 17.6 Å². The average molecular weight is 302 g/mol. The number of carbonyl (C=O) groups is 1. The third-order valence-corrected chi connectivity index (χ3v) is 3.69. The van der Waals surface area contributed by atoms with E-state index in [0.29, 0.717) is 17.3 Å². The lowest BCUT2D eigenvalue weighted by Crippen LogP contribution is -2.34. The molecule has 1 fully saturated rings. The smallest absolute Gasteiger partial charge is 0.269 e. The van der Waals surface area contributed by atoms with E-state index in [2.05, 4.69) is 15.5 Å². The van der Waals surface area contributed by atoms with Crippen LogP contribution < -0.4 is 5.32 Å². The van der Waals surface area contributed by atoms with Gasteiger partial charge >= 0.3 is 0 Å². The first-order chi connectivity index (χ1) is 10.6. The van der Waals surface area contributed by atoms with Crippen LogP contribution >= 0.6 is 0 Å². The summed E-state index contributed by atoms with van der Waals surface area (Å²) >= 11 is 0. The summed E-state index contributed by atoms with van der Waals surface area (Å²) in [6.45, 7) is 0.190. The SMILES string of the molecule is O=C(NCc1nc(-c2ccc([N+](=O)[O-])cc2)no1)C1CCC1. The minimum Gasteiger partial charge on any atom is -0.347 e. The van der Waals surface area contributed by atoms with Crippen molar-refractivity contribution in [3.05, 3.63) is 40.3 Å². The molecule has 0 aliphatic heterocycles. The van der Waals surface area contributed by atoms with Crippen LogP contribution in [0.4, 0.5) is 5.69 Å². The van der Waals surface area contributed by atoms with Crippen molar-refractivity contribution in [1.82, 2.24) is 15.5 Å². The molecule has 0 radical (unpaired) electrons. The second-order valence-electron chi connectivity index (χ2n) is 5.16. The molecule has 0 spiro atoms. The third kappa shape index (κ3) is 2.95. The topological polar surface area (TPSA) is 111 Å². The summed E-state index contributed by atoms with van der Waals surface area (Å²) in [4.78, 5) is 26.0. The lowest BCUT2D eigenvalue weighted by Gasteiger charge is -2.23. The summed E-state index contributed by atoms with van der Waals surface area (Å²) < 4.78 is 5.07. The average Bonchev–Trinajstić information content (AvgIpc) is 2.92. The Morgan fingerprint density at radius 2 is 2.09 bits per heavy atom. The van der Waals surface area contributed by atoms with Crippen LogP contribution in [0.2, 0.25) is 0 Å². The summed E-state index contributed by atoms with van der Waals surface area (Å²) in [7, 11) is 0. The van der Waals surface area contributed by atoms with Gasteiger partial charge in [0.25, 0.3) is 5.69 Å². The summed E-state index contributed by atoms with van der Waals surface area (Å²) in [5.74, 6) is 0.766. The molecule has 1 N–H and O–H groups in total. The van der Waals surface area contributed by atoms with E-state index in [0.717, 1.165) is 19.3 Å². The van der Waals surface area contributed by atoms with Gasteiger partial charge in [-0.2, -0.15) is 4.98 Å². The number of carbonyl (C=O) groups excluding carboxylic acids is 1. The van der Waals surface area contributed by atoms with Gasteiger partial charge in [0.15, 0.2) is 0 Å². The number of aromatic nitrogens is 2. The number of benzene rings is 1. The number of nitrogens with one attached hydrogen (secondary N) is 1. The maximum atomic E-state index is 11.7. The van der Waals surface area contributed by atoms with Crippen LogP contribution in [0.15, 0.2) is 28.8 Å². The summed E-state index contributed by atoms with van der Waals surface area (Å²) in [6, 6.07) is 5.87. The maximum Gasteiger partial charge on any atom is 0.269 e. The molecule has 22 heavy (non-hydrogen) atoms. The Hall–Kier alpha value is -2.77. The molecule has 2 aromatic rings. The van der Waals surface area contributed by atoms with Gasteiger partial charge in [-0.1, -0.05) is 11.6 Å². The fraction of sp³-hybridized carbons (Fsp3) is 0.357. The van der Waals surface area contributed by atoms with Crippen LogP contribution in [0.1, 0.15) is 25.2 Å². The van der Waals surface area contributed by atoms with Gasteiger partial charge in [-0.3, -0.25) is 14.9 Å². The largest absolute Gasteiger partial charge is 0.347 e. The van der Waals surface area contributed by atoms with Gasteiger partial charge in [-0.25, -0.2) is 0 Å². The van der Waals surface area contributed by atoms with Crippen molar-refractivity contribution in [3.63, 3.8) is 0 Å². The van der Waals surface area contributed by atoms with Gasteiger partial charge in [-0.05, 0) is 25.0 Å². The van der Waals surface area contributed by atoms with E-state index in [-0.39, 0.29) is 24.1 Å². The first kappa shape index (κ1) is 14.2. The highest BCUT2D eigenvalue weighted by atomic mass is 16.6. The lowest BCUT2D eigenvalue weighted by molar-refractivity contribution is -0.384. The van der Waals surface area contributed by atoms with Crippen molar-refractivity contribution in [2.75, 3.05) is 0 Å². The highest BCUT2D eigenvalue weighted by molar-refractivity contribution is 5.79. The molecule has 0 saturated heterocycles. The molecule has 1 aromatic heterocycles. The van der Waals surface area contributed by atoms with Crippen molar-refractivity contribution in [1.29, 1.82) is 0 Å². The second-order valence-corrected chi connectivity index (χ2v) is 5.16. The normalized spacial score (nSPS) is 14.4. The van der Waals surface area contributed by atoms with E-state index in [4.69, 9.17) is 4.52 Å². The van der Waals surface area contributed by atoms with Crippen molar-refractivity contribution in [3.8, 4) is 11.4 Å². The molecule has 1 aliphatic carbocycles. The van der Waals surface area contributed by atoms with Gasteiger partial charge in [0.05, 0.1) is 11.5 Å². The monoisotopic (exact) mass is 302 g/mol.